The molecule has 5 N–H and O–H groups in total. The molecule has 0 radical (unpaired) electrons. The number of hydrogen-bond donors (Lipinski definition) is 3. The van der Waals surface area contributed by atoms with Crippen LogP contribution in [0.25, 0.3) is 28.2 Å². The van der Waals surface area contributed by atoms with E-state index in [1.54, 1.807) is 22.8 Å². The van der Waals surface area contributed by atoms with Crippen LogP contribution in [0.15, 0.2) is 48.5 Å². The minimum Gasteiger partial charge on any atom is -0.368 e. The van der Waals surface area contributed by atoms with E-state index in [9.17, 15) is 9.59 Å². The predicted octanol–water partition coefficient (Wildman–Crippen LogP) is 3.32. The molecule has 0 bridgehead atoms. The largest absolute Gasteiger partial charge is 0.368 e. The van der Waals surface area contributed by atoms with Gasteiger partial charge in [0.1, 0.15) is 11.4 Å². The van der Waals surface area contributed by atoms with Crippen LogP contribution in [0.2, 0.25) is 10.0 Å². The van der Waals surface area contributed by atoms with Crippen LogP contribution in [0.4, 0.5) is 5.82 Å². The minimum absolute atomic E-state index is 0.147. The Balaban J connectivity index is 1.72. The first-order valence-corrected chi connectivity index (χ1v) is 12.9. The van der Waals surface area contributed by atoms with Crippen molar-refractivity contribution in [2.75, 3.05) is 24.5 Å². The van der Waals surface area contributed by atoms with E-state index < -0.39 is 17.4 Å². The van der Waals surface area contributed by atoms with Crippen LogP contribution >= 0.6 is 23.2 Å². The molecule has 2 aromatic carbocycles. The van der Waals surface area contributed by atoms with Gasteiger partial charge in [0.2, 0.25) is 11.7 Å². The highest BCUT2D eigenvalue weighted by molar-refractivity contribution is 6.33. The third-order valence-electron chi connectivity index (χ3n) is 6.81. The molecule has 4 aromatic rings. The quantitative estimate of drug-likeness (QED) is 0.318. The molecule has 1 aliphatic heterocycles. The molecule has 1 fully saturated rings. The van der Waals surface area contributed by atoms with Gasteiger partial charge in [0.05, 0.1) is 5.02 Å². The van der Waals surface area contributed by atoms with E-state index >= 15 is 0 Å². The lowest BCUT2D eigenvalue weighted by Gasteiger charge is -2.40. The molecule has 2 amide bonds. The summed E-state index contributed by atoms with van der Waals surface area (Å²) in [4.78, 5) is 40.6. The molecule has 0 atom stereocenters. The fraction of sp³-hybridized carbons (Fsp3) is 0.269. The molecule has 38 heavy (non-hydrogen) atoms. The number of fused-ring (bicyclic) bond motifs is 1. The molecular weight excluding hydrogens is 527 g/mol. The third kappa shape index (κ3) is 4.55. The van der Waals surface area contributed by atoms with Crippen LogP contribution < -0.4 is 21.7 Å². The summed E-state index contributed by atoms with van der Waals surface area (Å²) in [7, 11) is 0. The smallest absolute Gasteiger partial charge is 0.286 e. The summed E-state index contributed by atoms with van der Waals surface area (Å²) >= 11 is 12.7. The molecule has 3 heterocycles. The average Bonchev–Trinajstić information content (AvgIpc) is 3.28. The first-order chi connectivity index (χ1) is 18.2. The van der Waals surface area contributed by atoms with Crippen LogP contribution in [0, 0.1) is 0 Å². The van der Waals surface area contributed by atoms with E-state index in [1.165, 1.54) is 0 Å². The molecule has 0 spiro atoms. The summed E-state index contributed by atoms with van der Waals surface area (Å²) in [5.41, 5.74) is 12.8. The predicted molar refractivity (Wildman–Crippen MR) is 148 cm³/mol. The number of piperidine rings is 1. The van der Waals surface area contributed by atoms with Gasteiger partial charge in [0, 0.05) is 29.4 Å². The van der Waals surface area contributed by atoms with Crippen LogP contribution in [-0.2, 0) is 4.79 Å². The molecule has 5 rings (SSSR count). The number of imidazole rings is 1. The van der Waals surface area contributed by atoms with Gasteiger partial charge in [0.25, 0.3) is 5.91 Å². The normalized spacial score (nSPS) is 15.1. The van der Waals surface area contributed by atoms with E-state index in [4.69, 9.17) is 39.7 Å². The number of primary amides is 2. The lowest BCUT2D eigenvalue weighted by Crippen LogP contribution is -2.61. The number of hydrogen-bond acceptors (Lipinski definition) is 7. The van der Waals surface area contributed by atoms with Gasteiger partial charge in [-0.25, -0.2) is 15.0 Å². The van der Waals surface area contributed by atoms with Crippen molar-refractivity contribution in [2.24, 2.45) is 11.5 Å². The Hall–Kier alpha value is -3.73. The number of amides is 2. The van der Waals surface area contributed by atoms with E-state index in [-0.39, 0.29) is 5.82 Å². The van der Waals surface area contributed by atoms with Gasteiger partial charge < -0.3 is 21.7 Å². The number of aromatic nitrogens is 4. The number of likely N-dealkylation sites (N-methyl/N-ethyl adjacent to an activating group) is 1. The Morgan fingerprint density at radius 3 is 2.29 bits per heavy atom. The van der Waals surface area contributed by atoms with Crippen molar-refractivity contribution in [3.8, 4) is 17.1 Å². The third-order valence-corrected chi connectivity index (χ3v) is 7.39. The minimum atomic E-state index is -0.810. The lowest BCUT2D eigenvalue weighted by atomic mass is 9.86. The van der Waals surface area contributed by atoms with Crippen molar-refractivity contribution in [2.45, 2.75) is 25.3 Å². The number of carbonyl (C=O) groups is 2. The van der Waals surface area contributed by atoms with Crippen LogP contribution in [0.5, 0.6) is 0 Å². The number of nitrogens with zero attached hydrogens (tertiary/aromatic N) is 5. The van der Waals surface area contributed by atoms with Crippen molar-refractivity contribution < 1.29 is 9.59 Å². The number of nitrogens with two attached hydrogens (primary N) is 2. The first-order valence-electron chi connectivity index (χ1n) is 12.1. The lowest BCUT2D eigenvalue weighted by molar-refractivity contribution is -0.125. The molecular formula is C26H26Cl2N8O2. The zero-order chi connectivity index (χ0) is 27.0. The van der Waals surface area contributed by atoms with Crippen molar-refractivity contribution in [1.29, 1.82) is 0 Å². The number of carbonyl (C=O) groups excluding carboxylic acids is 2. The van der Waals surface area contributed by atoms with Crippen LogP contribution in [0.1, 0.15) is 30.4 Å². The van der Waals surface area contributed by atoms with E-state index in [0.717, 1.165) is 0 Å². The second-order valence-corrected chi connectivity index (χ2v) is 9.94. The summed E-state index contributed by atoms with van der Waals surface area (Å²) in [5, 5.41) is 4.31. The Morgan fingerprint density at radius 2 is 1.68 bits per heavy atom. The zero-order valence-corrected chi connectivity index (χ0v) is 22.1. The molecule has 2 aromatic heterocycles. The van der Waals surface area contributed by atoms with Gasteiger partial charge in [-0.1, -0.05) is 42.3 Å². The van der Waals surface area contributed by atoms with Gasteiger partial charge in [-0.2, -0.15) is 0 Å². The van der Waals surface area contributed by atoms with Crippen LogP contribution in [-0.4, -0.2) is 56.5 Å². The molecule has 0 aliphatic carbocycles. The second-order valence-electron chi connectivity index (χ2n) is 9.10. The van der Waals surface area contributed by atoms with Crippen LogP contribution in [0.3, 0.4) is 0 Å². The molecule has 1 aliphatic rings. The van der Waals surface area contributed by atoms with Crippen molar-refractivity contribution in [3.05, 3.63) is 64.4 Å². The number of nitrogens with one attached hydrogen (secondary N) is 1. The van der Waals surface area contributed by atoms with E-state index in [2.05, 4.69) is 15.3 Å². The van der Waals surface area contributed by atoms with E-state index in [0.29, 0.717) is 76.6 Å². The standard InChI is InChI=1S/C26H26Cl2N8O2/c1-2-31-26(25(30)38)11-13-35(14-12-26)23-19-24(34-21(33-23)20(29)37)36(16-9-7-15(27)8-10-16)22(32-19)17-5-3-4-6-18(17)28/h3-10,31H,2,11-14H2,1H3,(H2,29,37)(H2,30,38). The van der Waals surface area contributed by atoms with Gasteiger partial charge in [0.15, 0.2) is 17.0 Å². The zero-order valence-electron chi connectivity index (χ0n) is 20.6. The number of halogens is 2. The van der Waals surface area contributed by atoms with E-state index in [1.807, 2.05) is 42.2 Å². The summed E-state index contributed by atoms with van der Waals surface area (Å²) in [6, 6.07) is 14.5. The Kier molecular flexibility index (Phi) is 6.95. The number of benzene rings is 2. The van der Waals surface area contributed by atoms with Gasteiger partial charge in [-0.3, -0.25) is 14.2 Å². The van der Waals surface area contributed by atoms with Gasteiger partial charge in [-0.05, 0) is 55.8 Å². The highest BCUT2D eigenvalue weighted by Crippen LogP contribution is 2.36. The van der Waals surface area contributed by atoms with Gasteiger partial charge >= 0.3 is 0 Å². The monoisotopic (exact) mass is 552 g/mol. The van der Waals surface area contributed by atoms with Crippen molar-refractivity contribution >= 4 is 52.0 Å². The molecule has 196 valence electrons. The number of rotatable bonds is 7. The number of anilines is 1. The topological polar surface area (TPSA) is 145 Å². The molecule has 1 saturated heterocycles. The SMILES string of the molecule is CCNC1(C(N)=O)CCN(c2nc(C(N)=O)nc3c2nc(-c2ccccc2Cl)n3-c2ccc(Cl)cc2)CC1. The maximum absolute atomic E-state index is 12.3. The first kappa shape index (κ1) is 25.9. The fourth-order valence-corrected chi connectivity index (χ4v) is 5.23. The summed E-state index contributed by atoms with van der Waals surface area (Å²) in [5.74, 6) is -0.350. The Bertz CT molecular complexity index is 1530. The average molecular weight is 553 g/mol. The second kappa shape index (κ2) is 10.2. The Labute approximate surface area is 229 Å². The highest BCUT2D eigenvalue weighted by atomic mass is 35.5. The maximum atomic E-state index is 12.3. The highest BCUT2D eigenvalue weighted by Gasteiger charge is 2.40. The molecule has 0 unspecified atom stereocenters. The fourth-order valence-electron chi connectivity index (χ4n) is 4.88. The molecule has 10 nitrogen and oxygen atoms in total. The maximum Gasteiger partial charge on any atom is 0.286 e. The summed E-state index contributed by atoms with van der Waals surface area (Å²) < 4.78 is 1.81. The molecule has 0 saturated carbocycles. The molecule has 12 heteroatoms. The summed E-state index contributed by atoms with van der Waals surface area (Å²) in [6.07, 6.45) is 0.922. The van der Waals surface area contributed by atoms with Crippen molar-refractivity contribution in [3.63, 3.8) is 0 Å². The van der Waals surface area contributed by atoms with Gasteiger partial charge in [-0.15, -0.1) is 0 Å². The van der Waals surface area contributed by atoms with Crippen molar-refractivity contribution in [1.82, 2.24) is 24.8 Å². The summed E-state index contributed by atoms with van der Waals surface area (Å²) in [6.45, 7) is 3.45. The Morgan fingerprint density at radius 1 is 1.00 bits per heavy atom.